The molecule has 0 aliphatic carbocycles. The fourth-order valence-corrected chi connectivity index (χ4v) is 2.02. The van der Waals surface area contributed by atoms with Gasteiger partial charge in [0.1, 0.15) is 5.75 Å². The summed E-state index contributed by atoms with van der Waals surface area (Å²) in [6.07, 6.45) is 0. The second kappa shape index (κ2) is 5.72. The van der Waals surface area contributed by atoms with Crippen LogP contribution in [0.15, 0.2) is 45.7 Å². The Morgan fingerprint density at radius 2 is 2.00 bits per heavy atom. The quantitative estimate of drug-likeness (QED) is 0.737. The highest BCUT2D eigenvalue weighted by Crippen LogP contribution is 2.25. The molecule has 112 valence electrons. The van der Waals surface area contributed by atoms with Crippen molar-refractivity contribution in [1.29, 1.82) is 0 Å². The highest BCUT2D eigenvalue weighted by molar-refractivity contribution is 5.87. The van der Waals surface area contributed by atoms with E-state index in [2.05, 4.69) is 19.4 Å². The molecule has 0 spiro atoms. The molecule has 0 fully saturated rings. The van der Waals surface area contributed by atoms with Gasteiger partial charge in [0.15, 0.2) is 12.4 Å². The van der Waals surface area contributed by atoms with Crippen LogP contribution in [0, 0.1) is 0 Å². The summed E-state index contributed by atoms with van der Waals surface area (Å²) in [5.74, 6) is -0.0921. The number of methoxy groups -OCH3 is 1. The van der Waals surface area contributed by atoms with E-state index in [1.54, 1.807) is 12.1 Å². The summed E-state index contributed by atoms with van der Waals surface area (Å²) < 4.78 is 14.3. The Hall–Kier alpha value is -3.09. The number of aromatic nitrogens is 2. The van der Waals surface area contributed by atoms with E-state index >= 15 is 0 Å². The number of fused-ring (bicyclic) bond motifs is 1. The van der Waals surface area contributed by atoms with Crippen molar-refractivity contribution in [3.05, 3.63) is 46.9 Å². The highest BCUT2D eigenvalue weighted by atomic mass is 16.6. The van der Waals surface area contributed by atoms with E-state index in [0.29, 0.717) is 11.6 Å². The van der Waals surface area contributed by atoms with Crippen LogP contribution in [0.3, 0.4) is 0 Å². The number of ether oxygens (including phenoxy) is 2. The van der Waals surface area contributed by atoms with Crippen LogP contribution in [0.2, 0.25) is 0 Å². The number of benzene rings is 2. The lowest BCUT2D eigenvalue weighted by Gasteiger charge is -2.06. The average Bonchev–Trinajstić information content (AvgIpc) is 2.98. The summed E-state index contributed by atoms with van der Waals surface area (Å²) >= 11 is 0. The number of H-pyrrole nitrogens is 1. The van der Waals surface area contributed by atoms with Crippen LogP contribution in [-0.2, 0) is 9.53 Å². The van der Waals surface area contributed by atoms with E-state index in [4.69, 9.17) is 4.74 Å². The molecule has 0 aliphatic rings. The number of rotatable bonds is 4. The van der Waals surface area contributed by atoms with Crippen LogP contribution < -0.4 is 10.5 Å². The number of hydrogen-bond donors (Lipinski definition) is 1. The average molecular weight is 300 g/mol. The van der Waals surface area contributed by atoms with Gasteiger partial charge in [-0.2, -0.15) is 0 Å². The smallest absolute Gasteiger partial charge is 0.439 e. The van der Waals surface area contributed by atoms with E-state index in [-0.39, 0.29) is 6.61 Å². The molecule has 1 heterocycles. The molecular weight excluding hydrogens is 288 g/mol. The number of nitrogens with one attached hydrogen (secondary N) is 1. The SMILES string of the molecule is COC(=O)COc1ccc2cc(-c3noc(=O)[nH]3)ccc2c1. The molecule has 1 aromatic heterocycles. The predicted octanol–water partition coefficient (Wildman–Crippen LogP) is 1.73. The van der Waals surface area contributed by atoms with Gasteiger partial charge < -0.3 is 9.47 Å². The largest absolute Gasteiger partial charge is 0.482 e. The zero-order valence-electron chi connectivity index (χ0n) is 11.7. The maximum atomic E-state index is 11.1. The normalized spacial score (nSPS) is 10.6. The molecule has 22 heavy (non-hydrogen) atoms. The lowest BCUT2D eigenvalue weighted by atomic mass is 10.1. The Morgan fingerprint density at radius 3 is 2.73 bits per heavy atom. The van der Waals surface area contributed by atoms with Crippen molar-refractivity contribution in [2.24, 2.45) is 0 Å². The maximum absolute atomic E-state index is 11.1. The monoisotopic (exact) mass is 300 g/mol. The number of carbonyl (C=O) groups is 1. The van der Waals surface area contributed by atoms with Crippen molar-refractivity contribution < 1.29 is 18.8 Å². The van der Waals surface area contributed by atoms with Gasteiger partial charge in [-0.1, -0.05) is 23.4 Å². The van der Waals surface area contributed by atoms with Gasteiger partial charge in [0.05, 0.1) is 7.11 Å². The van der Waals surface area contributed by atoms with Crippen molar-refractivity contribution in [3.8, 4) is 17.1 Å². The molecule has 0 unspecified atom stereocenters. The molecule has 0 saturated carbocycles. The number of carbonyl (C=O) groups excluding carboxylic acids is 1. The molecule has 0 bridgehead atoms. The Balaban J connectivity index is 1.88. The molecule has 3 rings (SSSR count). The van der Waals surface area contributed by atoms with Crippen LogP contribution in [0.25, 0.3) is 22.2 Å². The Morgan fingerprint density at radius 1 is 1.23 bits per heavy atom. The Bertz CT molecular complexity index is 881. The van der Waals surface area contributed by atoms with Gasteiger partial charge in [-0.3, -0.25) is 9.51 Å². The summed E-state index contributed by atoms with van der Waals surface area (Å²) in [7, 11) is 1.31. The third-order valence-electron chi connectivity index (χ3n) is 3.11. The minimum Gasteiger partial charge on any atom is -0.482 e. The highest BCUT2D eigenvalue weighted by Gasteiger charge is 2.07. The standard InChI is InChI=1S/C15H12N2O5/c1-20-13(18)8-21-12-5-4-9-6-11(3-2-10(9)7-12)14-16-15(19)22-17-14/h2-7H,8H2,1H3,(H,16,17,19). The van der Waals surface area contributed by atoms with Crippen molar-refractivity contribution in [3.63, 3.8) is 0 Å². The fraction of sp³-hybridized carbons (Fsp3) is 0.133. The minimum atomic E-state index is -0.596. The molecule has 0 amide bonds. The van der Waals surface area contributed by atoms with E-state index < -0.39 is 11.7 Å². The molecule has 0 saturated heterocycles. The van der Waals surface area contributed by atoms with E-state index in [1.165, 1.54) is 7.11 Å². The Kier molecular flexibility index (Phi) is 3.61. The zero-order chi connectivity index (χ0) is 15.5. The first-order valence-corrected chi connectivity index (χ1v) is 6.45. The van der Waals surface area contributed by atoms with Crippen LogP contribution in [0.1, 0.15) is 0 Å². The van der Waals surface area contributed by atoms with Gasteiger partial charge in [-0.15, -0.1) is 0 Å². The van der Waals surface area contributed by atoms with Crippen LogP contribution in [0.4, 0.5) is 0 Å². The predicted molar refractivity (Wildman–Crippen MR) is 77.6 cm³/mol. The summed E-state index contributed by atoms with van der Waals surface area (Å²) in [6.45, 7) is -0.139. The maximum Gasteiger partial charge on any atom is 0.439 e. The fourth-order valence-electron chi connectivity index (χ4n) is 2.02. The molecule has 7 heteroatoms. The van der Waals surface area contributed by atoms with E-state index in [1.807, 2.05) is 24.3 Å². The minimum absolute atomic E-state index is 0.139. The Labute approximate surface area is 124 Å². The second-order valence-electron chi connectivity index (χ2n) is 4.53. The van der Waals surface area contributed by atoms with Gasteiger partial charge >= 0.3 is 11.7 Å². The van der Waals surface area contributed by atoms with Gasteiger partial charge in [0, 0.05) is 5.56 Å². The summed E-state index contributed by atoms with van der Waals surface area (Å²) in [5.41, 5.74) is 0.738. The number of hydrogen-bond acceptors (Lipinski definition) is 6. The number of esters is 1. The lowest BCUT2D eigenvalue weighted by molar-refractivity contribution is -0.142. The zero-order valence-corrected chi connectivity index (χ0v) is 11.7. The topological polar surface area (TPSA) is 94.4 Å². The molecule has 0 atom stereocenters. The van der Waals surface area contributed by atoms with Crippen LogP contribution in [-0.4, -0.2) is 29.8 Å². The number of aromatic amines is 1. The molecule has 0 radical (unpaired) electrons. The first-order chi connectivity index (χ1) is 10.7. The first kappa shape index (κ1) is 13.9. The number of nitrogens with zero attached hydrogens (tertiary/aromatic N) is 1. The molecule has 2 aromatic carbocycles. The van der Waals surface area contributed by atoms with Crippen LogP contribution >= 0.6 is 0 Å². The van der Waals surface area contributed by atoms with Crippen molar-refractivity contribution >= 4 is 16.7 Å². The summed E-state index contributed by atoms with van der Waals surface area (Å²) in [6, 6.07) is 11.0. The van der Waals surface area contributed by atoms with Crippen LogP contribution in [0.5, 0.6) is 5.75 Å². The molecule has 1 N–H and O–H groups in total. The summed E-state index contributed by atoms with van der Waals surface area (Å²) in [4.78, 5) is 24.5. The third kappa shape index (κ3) is 2.83. The van der Waals surface area contributed by atoms with Gasteiger partial charge in [0.25, 0.3) is 0 Å². The summed E-state index contributed by atoms with van der Waals surface area (Å²) in [5, 5.41) is 5.51. The van der Waals surface area contributed by atoms with E-state index in [9.17, 15) is 9.59 Å². The van der Waals surface area contributed by atoms with Gasteiger partial charge in [0.2, 0.25) is 0 Å². The van der Waals surface area contributed by atoms with Gasteiger partial charge in [-0.25, -0.2) is 9.59 Å². The lowest BCUT2D eigenvalue weighted by Crippen LogP contribution is -2.12. The first-order valence-electron chi connectivity index (χ1n) is 6.45. The third-order valence-corrected chi connectivity index (χ3v) is 3.11. The second-order valence-corrected chi connectivity index (χ2v) is 4.53. The van der Waals surface area contributed by atoms with E-state index in [0.717, 1.165) is 16.3 Å². The van der Waals surface area contributed by atoms with Gasteiger partial charge in [-0.05, 0) is 29.0 Å². The molecule has 3 aromatic rings. The molecule has 7 nitrogen and oxygen atoms in total. The van der Waals surface area contributed by atoms with Crippen molar-refractivity contribution in [2.75, 3.05) is 13.7 Å². The van der Waals surface area contributed by atoms with Crippen molar-refractivity contribution in [1.82, 2.24) is 10.1 Å². The molecule has 0 aliphatic heterocycles. The van der Waals surface area contributed by atoms with Crippen molar-refractivity contribution in [2.45, 2.75) is 0 Å². The molecular formula is C15H12N2O5.